The molecule has 1 aromatic heterocycles. The molecule has 0 unspecified atom stereocenters. The first-order valence-corrected chi connectivity index (χ1v) is 6.79. The summed E-state index contributed by atoms with van der Waals surface area (Å²) in [7, 11) is 1.40. The zero-order chi connectivity index (χ0) is 16.6. The fourth-order valence-corrected chi connectivity index (χ4v) is 2.31. The molecule has 0 spiro atoms. The molecular weight excluding hydrogens is 298 g/mol. The topological polar surface area (TPSA) is 91.6 Å². The van der Waals surface area contributed by atoms with Gasteiger partial charge in [0, 0.05) is 24.6 Å². The molecule has 7 heteroatoms. The van der Waals surface area contributed by atoms with Crippen molar-refractivity contribution in [1.82, 2.24) is 14.8 Å². The van der Waals surface area contributed by atoms with Gasteiger partial charge in [0.25, 0.3) is 5.91 Å². The maximum absolute atomic E-state index is 11.9. The second-order valence-electron chi connectivity index (χ2n) is 5.01. The molecule has 3 amide bonds. The van der Waals surface area contributed by atoms with Crippen LogP contribution >= 0.6 is 0 Å². The Balaban J connectivity index is 2.01. The molecule has 2 aromatic rings. The van der Waals surface area contributed by atoms with E-state index in [2.05, 4.69) is 5.32 Å². The Morgan fingerprint density at radius 2 is 2.00 bits per heavy atom. The monoisotopic (exact) mass is 311 g/mol. The summed E-state index contributed by atoms with van der Waals surface area (Å²) in [6, 6.07) is 9.49. The Kier molecular flexibility index (Phi) is 3.46. The molecule has 0 aliphatic carbocycles. The highest BCUT2D eigenvalue weighted by atomic mass is 16.4. The highest BCUT2D eigenvalue weighted by molar-refractivity contribution is 6.13. The Morgan fingerprint density at radius 3 is 2.65 bits per heavy atom. The summed E-state index contributed by atoms with van der Waals surface area (Å²) in [5.74, 6) is -1.43. The second kappa shape index (κ2) is 5.45. The van der Waals surface area contributed by atoms with Crippen LogP contribution in [0.25, 0.3) is 11.8 Å². The zero-order valence-electron chi connectivity index (χ0n) is 12.2. The van der Waals surface area contributed by atoms with Gasteiger partial charge < -0.3 is 15.0 Å². The standard InChI is InChI=1S/C16H13N3O4/c1-18-14(20)13(17-16(18)23)9-12-6-3-7-19(12)11-5-2-4-10(8-11)15(21)22/h2-9H,1H3,(H,17,23)(H,21,22)/b13-9+. The van der Waals surface area contributed by atoms with Gasteiger partial charge in [-0.3, -0.25) is 9.69 Å². The SMILES string of the molecule is CN1C(=O)N/C(=C/c2cccn2-c2cccc(C(=O)O)c2)C1=O. The summed E-state index contributed by atoms with van der Waals surface area (Å²) in [4.78, 5) is 35.5. The van der Waals surface area contributed by atoms with Crippen molar-refractivity contribution >= 4 is 24.0 Å². The summed E-state index contributed by atoms with van der Waals surface area (Å²) >= 11 is 0. The van der Waals surface area contributed by atoms with Crippen LogP contribution in [0.3, 0.4) is 0 Å². The van der Waals surface area contributed by atoms with Gasteiger partial charge in [0.05, 0.1) is 5.56 Å². The highest BCUT2D eigenvalue weighted by Gasteiger charge is 2.30. The number of carbonyl (C=O) groups is 3. The third-order valence-corrected chi connectivity index (χ3v) is 3.53. The molecule has 1 aromatic carbocycles. The van der Waals surface area contributed by atoms with E-state index in [-0.39, 0.29) is 11.3 Å². The minimum absolute atomic E-state index is 0.166. The van der Waals surface area contributed by atoms with Gasteiger partial charge in [0.15, 0.2) is 0 Å². The van der Waals surface area contributed by atoms with Gasteiger partial charge in [0.1, 0.15) is 5.70 Å². The van der Waals surface area contributed by atoms with Crippen LogP contribution in [0.2, 0.25) is 0 Å². The summed E-state index contributed by atoms with van der Waals surface area (Å²) in [6.45, 7) is 0. The normalized spacial score (nSPS) is 16.0. The number of rotatable bonds is 3. The lowest BCUT2D eigenvalue weighted by Gasteiger charge is -2.08. The summed E-state index contributed by atoms with van der Waals surface area (Å²) in [5, 5.41) is 11.6. The van der Waals surface area contributed by atoms with Crippen LogP contribution in [-0.4, -0.2) is 39.5 Å². The van der Waals surface area contributed by atoms with E-state index in [1.165, 1.54) is 19.2 Å². The Morgan fingerprint density at radius 1 is 1.22 bits per heavy atom. The van der Waals surface area contributed by atoms with E-state index in [0.717, 1.165) is 4.90 Å². The van der Waals surface area contributed by atoms with E-state index in [0.29, 0.717) is 11.4 Å². The van der Waals surface area contributed by atoms with Gasteiger partial charge in [-0.2, -0.15) is 0 Å². The van der Waals surface area contributed by atoms with E-state index in [1.807, 2.05) is 0 Å². The van der Waals surface area contributed by atoms with Crippen molar-refractivity contribution in [3.8, 4) is 5.69 Å². The Hall–Kier alpha value is -3.35. The molecule has 1 saturated heterocycles. The lowest BCUT2D eigenvalue weighted by molar-refractivity contribution is -0.121. The van der Waals surface area contributed by atoms with Gasteiger partial charge in [-0.1, -0.05) is 6.07 Å². The Labute approximate surface area is 131 Å². The molecule has 23 heavy (non-hydrogen) atoms. The third kappa shape index (κ3) is 2.59. The minimum Gasteiger partial charge on any atom is -0.478 e. The van der Waals surface area contributed by atoms with Crippen LogP contribution in [-0.2, 0) is 4.79 Å². The number of urea groups is 1. The number of carboxylic acids is 1. The number of amides is 3. The maximum Gasteiger partial charge on any atom is 0.335 e. The molecule has 2 N–H and O–H groups in total. The number of nitrogens with one attached hydrogen (secondary N) is 1. The number of carbonyl (C=O) groups excluding carboxylic acids is 2. The molecule has 1 aliphatic heterocycles. The van der Waals surface area contributed by atoms with E-state index in [9.17, 15) is 14.4 Å². The van der Waals surface area contributed by atoms with Crippen molar-refractivity contribution in [3.05, 3.63) is 59.5 Å². The molecule has 1 aliphatic rings. The van der Waals surface area contributed by atoms with Crippen molar-refractivity contribution in [3.63, 3.8) is 0 Å². The second-order valence-corrected chi connectivity index (χ2v) is 5.01. The van der Waals surface area contributed by atoms with Crippen molar-refractivity contribution < 1.29 is 19.5 Å². The number of hydrogen-bond donors (Lipinski definition) is 2. The summed E-state index contributed by atoms with van der Waals surface area (Å²) in [5.41, 5.74) is 1.63. The van der Waals surface area contributed by atoms with E-state index in [4.69, 9.17) is 5.11 Å². The van der Waals surface area contributed by atoms with Crippen LogP contribution in [0.15, 0.2) is 48.3 Å². The molecule has 0 radical (unpaired) electrons. The highest BCUT2D eigenvalue weighted by Crippen LogP contribution is 2.18. The Bertz CT molecular complexity index is 851. The number of aromatic nitrogens is 1. The lowest BCUT2D eigenvalue weighted by Crippen LogP contribution is -2.25. The quantitative estimate of drug-likeness (QED) is 0.666. The lowest BCUT2D eigenvalue weighted by atomic mass is 10.2. The van der Waals surface area contributed by atoms with Gasteiger partial charge >= 0.3 is 12.0 Å². The third-order valence-electron chi connectivity index (χ3n) is 3.53. The largest absolute Gasteiger partial charge is 0.478 e. The average Bonchev–Trinajstić information content (AvgIpc) is 3.09. The van der Waals surface area contributed by atoms with Crippen molar-refractivity contribution in [2.45, 2.75) is 0 Å². The molecule has 0 bridgehead atoms. The first-order chi connectivity index (χ1) is 11.0. The number of likely N-dealkylation sites (N-methyl/N-ethyl adjacent to an activating group) is 1. The molecule has 3 rings (SSSR count). The van der Waals surface area contributed by atoms with Crippen LogP contribution < -0.4 is 5.32 Å². The van der Waals surface area contributed by atoms with Crippen LogP contribution in [0.1, 0.15) is 16.1 Å². The first-order valence-electron chi connectivity index (χ1n) is 6.79. The smallest absolute Gasteiger partial charge is 0.335 e. The van der Waals surface area contributed by atoms with Crippen molar-refractivity contribution in [2.24, 2.45) is 0 Å². The first kappa shape index (κ1) is 14.6. The fourth-order valence-electron chi connectivity index (χ4n) is 2.31. The average molecular weight is 311 g/mol. The van der Waals surface area contributed by atoms with Gasteiger partial charge in [0.2, 0.25) is 0 Å². The van der Waals surface area contributed by atoms with Crippen LogP contribution in [0.5, 0.6) is 0 Å². The molecule has 2 heterocycles. The molecule has 0 atom stereocenters. The van der Waals surface area contributed by atoms with E-state index < -0.39 is 17.9 Å². The molecule has 1 fully saturated rings. The summed E-state index contributed by atoms with van der Waals surface area (Å²) in [6.07, 6.45) is 3.30. The van der Waals surface area contributed by atoms with E-state index >= 15 is 0 Å². The van der Waals surface area contributed by atoms with Crippen LogP contribution in [0, 0.1) is 0 Å². The number of aromatic carboxylic acids is 1. The van der Waals surface area contributed by atoms with Crippen molar-refractivity contribution in [1.29, 1.82) is 0 Å². The van der Waals surface area contributed by atoms with Crippen LogP contribution in [0.4, 0.5) is 4.79 Å². The van der Waals surface area contributed by atoms with Gasteiger partial charge in [-0.25, -0.2) is 9.59 Å². The predicted molar refractivity (Wildman–Crippen MR) is 82.0 cm³/mol. The minimum atomic E-state index is -1.02. The van der Waals surface area contributed by atoms with Gasteiger partial charge in [-0.15, -0.1) is 0 Å². The maximum atomic E-state index is 11.9. The molecule has 7 nitrogen and oxygen atoms in total. The number of benzene rings is 1. The molecule has 0 saturated carbocycles. The number of hydrogen-bond acceptors (Lipinski definition) is 3. The summed E-state index contributed by atoms with van der Waals surface area (Å²) < 4.78 is 1.73. The van der Waals surface area contributed by atoms with E-state index in [1.54, 1.807) is 41.1 Å². The fraction of sp³-hybridized carbons (Fsp3) is 0.0625. The number of carboxylic acid groups (broad SMARTS) is 1. The number of nitrogens with zero attached hydrogens (tertiary/aromatic N) is 2. The predicted octanol–water partition coefficient (Wildman–Crippen LogP) is 1.70. The molecule has 116 valence electrons. The number of imide groups is 1. The molecular formula is C16H13N3O4. The van der Waals surface area contributed by atoms with Gasteiger partial charge in [-0.05, 0) is 36.4 Å². The van der Waals surface area contributed by atoms with Crippen molar-refractivity contribution in [2.75, 3.05) is 7.05 Å². The zero-order valence-corrected chi connectivity index (χ0v) is 12.2.